The average Bonchev–Trinajstić information content (AvgIpc) is 3.21. The van der Waals surface area contributed by atoms with Gasteiger partial charge in [-0.3, -0.25) is 4.79 Å². The number of thioether (sulfide) groups is 1. The molecule has 1 aromatic heterocycles. The highest BCUT2D eigenvalue weighted by molar-refractivity contribution is 7.99. The first-order chi connectivity index (χ1) is 16.4. The van der Waals surface area contributed by atoms with E-state index in [4.69, 9.17) is 0 Å². The van der Waals surface area contributed by atoms with Crippen LogP contribution in [-0.4, -0.2) is 65.4 Å². The van der Waals surface area contributed by atoms with Crippen LogP contribution >= 0.6 is 11.8 Å². The third-order valence-electron chi connectivity index (χ3n) is 5.69. The van der Waals surface area contributed by atoms with Crippen LogP contribution in [-0.2, 0) is 21.2 Å². The van der Waals surface area contributed by atoms with Gasteiger partial charge in [-0.2, -0.15) is 4.31 Å². The predicted octanol–water partition coefficient (Wildman–Crippen LogP) is 3.55. The van der Waals surface area contributed by atoms with Crippen LogP contribution in [0.25, 0.3) is 6.08 Å². The molecule has 7 nitrogen and oxygen atoms in total. The van der Waals surface area contributed by atoms with Gasteiger partial charge in [0.2, 0.25) is 15.9 Å². The number of rotatable bonds is 8. The van der Waals surface area contributed by atoms with E-state index < -0.39 is 10.0 Å². The summed E-state index contributed by atoms with van der Waals surface area (Å²) in [5, 5.41) is 1.96. The van der Waals surface area contributed by atoms with Crippen LogP contribution in [0.2, 0.25) is 0 Å². The Hall–Kier alpha value is -2.88. The first-order valence-electron chi connectivity index (χ1n) is 11.1. The second-order valence-electron chi connectivity index (χ2n) is 8.10. The average molecular weight is 497 g/mol. The van der Waals surface area contributed by atoms with Gasteiger partial charge in [-0.05, 0) is 24.1 Å². The lowest BCUT2D eigenvalue weighted by molar-refractivity contribution is -0.129. The Morgan fingerprint density at radius 2 is 1.68 bits per heavy atom. The van der Waals surface area contributed by atoms with Gasteiger partial charge in [-0.15, -0.1) is 0 Å². The van der Waals surface area contributed by atoms with Crippen molar-refractivity contribution in [1.82, 2.24) is 19.2 Å². The lowest BCUT2D eigenvalue weighted by Gasteiger charge is -2.33. The maximum Gasteiger partial charge on any atom is 0.236 e. The molecule has 3 aromatic rings. The van der Waals surface area contributed by atoms with Crippen molar-refractivity contribution in [3.8, 4) is 0 Å². The van der Waals surface area contributed by atoms with E-state index >= 15 is 0 Å². The molecule has 1 saturated heterocycles. The molecule has 178 valence electrons. The minimum atomic E-state index is -3.52. The molecule has 0 saturated carbocycles. The number of H-pyrrole nitrogens is 1. The summed E-state index contributed by atoms with van der Waals surface area (Å²) in [6, 6.07) is 19.5. The van der Waals surface area contributed by atoms with Gasteiger partial charge < -0.3 is 9.88 Å². The van der Waals surface area contributed by atoms with Gasteiger partial charge in [0, 0.05) is 43.7 Å². The van der Waals surface area contributed by atoms with E-state index in [0.29, 0.717) is 26.2 Å². The first kappa shape index (κ1) is 24.3. The van der Waals surface area contributed by atoms with Gasteiger partial charge in [0.1, 0.15) is 0 Å². The second-order valence-corrected chi connectivity index (χ2v) is 10.9. The maximum absolute atomic E-state index is 12.7. The predicted molar refractivity (Wildman–Crippen MR) is 136 cm³/mol. The molecule has 34 heavy (non-hydrogen) atoms. The van der Waals surface area contributed by atoms with Crippen molar-refractivity contribution in [3.63, 3.8) is 0 Å². The minimum absolute atomic E-state index is 0.0134. The standard InChI is InChI=1S/C25H28N4O3S2/c1-20-23(18-22-10-6-3-7-11-22)27-25(26-20)33-19-24(30)28-13-15-29(16-14-28)34(31,32)17-12-21-8-4-2-5-9-21/h2-12,17H,13-16,18-19H2,1H3,(H,26,27)/b17-12+. The van der Waals surface area contributed by atoms with Gasteiger partial charge in [0.25, 0.3) is 0 Å². The molecule has 1 fully saturated rings. The second kappa shape index (κ2) is 11.0. The number of piperazine rings is 1. The van der Waals surface area contributed by atoms with Crippen LogP contribution < -0.4 is 0 Å². The number of sulfonamides is 1. The van der Waals surface area contributed by atoms with E-state index in [1.807, 2.05) is 55.5 Å². The van der Waals surface area contributed by atoms with Gasteiger partial charge in [-0.25, -0.2) is 13.4 Å². The zero-order valence-electron chi connectivity index (χ0n) is 19.1. The number of hydrogen-bond donors (Lipinski definition) is 1. The number of hydrogen-bond acceptors (Lipinski definition) is 5. The Labute approximate surface area is 204 Å². The van der Waals surface area contributed by atoms with Crippen LogP contribution in [0.5, 0.6) is 0 Å². The Balaban J connectivity index is 1.26. The molecule has 1 N–H and O–H groups in total. The molecule has 0 bridgehead atoms. The van der Waals surface area contributed by atoms with Gasteiger partial charge in [-0.1, -0.05) is 72.4 Å². The lowest BCUT2D eigenvalue weighted by Crippen LogP contribution is -2.50. The SMILES string of the molecule is Cc1[nH]c(SCC(=O)N2CCN(S(=O)(=O)/C=C/c3ccccc3)CC2)nc1Cc1ccccc1. The summed E-state index contributed by atoms with van der Waals surface area (Å²) in [6.45, 7) is 3.34. The maximum atomic E-state index is 12.7. The zero-order chi connectivity index (χ0) is 24.0. The Bertz CT molecular complexity index is 1230. The summed E-state index contributed by atoms with van der Waals surface area (Å²) >= 11 is 1.38. The number of aryl methyl sites for hydroxylation is 1. The molecule has 1 aliphatic heterocycles. The number of benzene rings is 2. The monoisotopic (exact) mass is 496 g/mol. The molecule has 2 aromatic carbocycles. The molecule has 2 heterocycles. The molecule has 1 aliphatic rings. The fourth-order valence-corrected chi connectivity index (χ4v) is 5.74. The van der Waals surface area contributed by atoms with Crippen molar-refractivity contribution >= 4 is 33.8 Å². The zero-order valence-corrected chi connectivity index (χ0v) is 20.7. The van der Waals surface area contributed by atoms with E-state index in [0.717, 1.165) is 28.5 Å². The molecular formula is C25H28N4O3S2. The summed E-state index contributed by atoms with van der Waals surface area (Å²) < 4.78 is 26.7. The Morgan fingerprint density at radius 1 is 1.03 bits per heavy atom. The summed E-state index contributed by atoms with van der Waals surface area (Å²) in [6.07, 6.45) is 2.34. The molecule has 9 heteroatoms. The van der Waals surface area contributed by atoms with Crippen LogP contribution in [0.1, 0.15) is 22.5 Å². The normalized spacial score (nSPS) is 15.1. The summed E-state index contributed by atoms with van der Waals surface area (Å²) in [5.74, 6) is 0.249. The molecule has 0 spiro atoms. The highest BCUT2D eigenvalue weighted by Crippen LogP contribution is 2.20. The van der Waals surface area contributed by atoms with Gasteiger partial charge in [0.05, 0.1) is 11.4 Å². The topological polar surface area (TPSA) is 86.4 Å². The highest BCUT2D eigenvalue weighted by Gasteiger charge is 2.27. The van der Waals surface area contributed by atoms with Crippen LogP contribution in [0, 0.1) is 6.92 Å². The Morgan fingerprint density at radius 3 is 2.35 bits per heavy atom. The number of aromatic amines is 1. The Kier molecular flexibility index (Phi) is 7.87. The van der Waals surface area contributed by atoms with Crippen LogP contribution in [0.4, 0.5) is 0 Å². The molecule has 1 amide bonds. The first-order valence-corrected chi connectivity index (χ1v) is 13.6. The third kappa shape index (κ3) is 6.37. The van der Waals surface area contributed by atoms with Crippen LogP contribution in [0.15, 0.2) is 71.2 Å². The molecule has 4 rings (SSSR count). The smallest absolute Gasteiger partial charge is 0.236 e. The van der Waals surface area contributed by atoms with Gasteiger partial charge >= 0.3 is 0 Å². The number of nitrogens with one attached hydrogen (secondary N) is 1. The fraction of sp³-hybridized carbons (Fsp3) is 0.280. The molecule has 0 unspecified atom stereocenters. The molecule has 0 atom stereocenters. The summed E-state index contributed by atoms with van der Waals surface area (Å²) in [4.78, 5) is 22.3. The number of carbonyl (C=O) groups is 1. The molecular weight excluding hydrogens is 468 g/mol. The summed E-state index contributed by atoms with van der Waals surface area (Å²) in [7, 11) is -3.52. The van der Waals surface area contributed by atoms with E-state index in [-0.39, 0.29) is 11.7 Å². The van der Waals surface area contributed by atoms with Crippen molar-refractivity contribution in [3.05, 3.63) is 88.6 Å². The minimum Gasteiger partial charge on any atom is -0.339 e. The van der Waals surface area contributed by atoms with Crippen molar-refractivity contribution in [2.45, 2.75) is 18.5 Å². The van der Waals surface area contributed by atoms with E-state index in [9.17, 15) is 13.2 Å². The number of imidazole rings is 1. The number of nitrogens with zero attached hydrogens (tertiary/aromatic N) is 3. The number of aromatic nitrogens is 2. The van der Waals surface area contributed by atoms with E-state index in [1.54, 1.807) is 11.0 Å². The number of amides is 1. The third-order valence-corrected chi connectivity index (χ3v) is 8.12. The molecule has 0 aliphatic carbocycles. The summed E-state index contributed by atoms with van der Waals surface area (Å²) in [5.41, 5.74) is 4.00. The van der Waals surface area contributed by atoms with Crippen molar-refractivity contribution in [2.75, 3.05) is 31.9 Å². The van der Waals surface area contributed by atoms with Crippen molar-refractivity contribution < 1.29 is 13.2 Å². The largest absolute Gasteiger partial charge is 0.339 e. The van der Waals surface area contributed by atoms with Crippen LogP contribution in [0.3, 0.4) is 0 Å². The molecule has 0 radical (unpaired) electrons. The van der Waals surface area contributed by atoms with Gasteiger partial charge in [0.15, 0.2) is 5.16 Å². The van der Waals surface area contributed by atoms with Crippen molar-refractivity contribution in [1.29, 1.82) is 0 Å². The van der Waals surface area contributed by atoms with E-state index in [2.05, 4.69) is 22.1 Å². The number of carbonyl (C=O) groups excluding carboxylic acids is 1. The lowest BCUT2D eigenvalue weighted by atomic mass is 10.1. The van der Waals surface area contributed by atoms with E-state index in [1.165, 1.54) is 27.0 Å². The van der Waals surface area contributed by atoms with Crippen molar-refractivity contribution in [2.24, 2.45) is 0 Å². The fourth-order valence-electron chi connectivity index (χ4n) is 3.72. The highest BCUT2D eigenvalue weighted by atomic mass is 32.2. The quantitative estimate of drug-likeness (QED) is 0.482.